The predicted molar refractivity (Wildman–Crippen MR) is 96.6 cm³/mol. The summed E-state index contributed by atoms with van der Waals surface area (Å²) >= 11 is 0. The number of allylic oxidation sites excluding steroid dienone is 1. The van der Waals surface area contributed by atoms with Crippen molar-refractivity contribution in [1.29, 1.82) is 0 Å². The van der Waals surface area contributed by atoms with Crippen molar-refractivity contribution in [3.63, 3.8) is 0 Å². The van der Waals surface area contributed by atoms with Crippen LogP contribution in [0, 0.1) is 0 Å². The Morgan fingerprint density at radius 3 is 2.42 bits per heavy atom. The molecule has 114 valence electrons. The second-order valence-electron chi connectivity index (χ2n) is 5.50. The van der Waals surface area contributed by atoms with Crippen molar-refractivity contribution in [2.24, 2.45) is 4.99 Å². The molecule has 2 N–H and O–H groups in total. The van der Waals surface area contributed by atoms with Gasteiger partial charge in [-0.2, -0.15) is 0 Å². The van der Waals surface area contributed by atoms with Gasteiger partial charge < -0.3 is 15.5 Å². The first-order valence-electron chi connectivity index (χ1n) is 6.68. The van der Waals surface area contributed by atoms with Crippen LogP contribution in [-0.4, -0.2) is 50.1 Å². The highest BCUT2D eigenvalue weighted by Gasteiger charge is 2.08. The van der Waals surface area contributed by atoms with Gasteiger partial charge >= 0.3 is 0 Å². The molecule has 0 aliphatic heterocycles. The van der Waals surface area contributed by atoms with Gasteiger partial charge in [0, 0.05) is 39.3 Å². The van der Waals surface area contributed by atoms with E-state index in [4.69, 9.17) is 0 Å². The molecule has 0 rings (SSSR count). The van der Waals surface area contributed by atoms with E-state index in [0.29, 0.717) is 0 Å². The molecule has 0 aromatic heterocycles. The van der Waals surface area contributed by atoms with Gasteiger partial charge in [0.25, 0.3) is 0 Å². The van der Waals surface area contributed by atoms with Gasteiger partial charge in [-0.25, -0.2) is 0 Å². The van der Waals surface area contributed by atoms with Gasteiger partial charge in [-0.1, -0.05) is 6.08 Å². The van der Waals surface area contributed by atoms with Crippen molar-refractivity contribution in [2.45, 2.75) is 39.2 Å². The molecule has 0 heterocycles. The Hall–Kier alpha value is -0.300. The van der Waals surface area contributed by atoms with Gasteiger partial charge in [-0.3, -0.25) is 4.99 Å². The largest absolute Gasteiger partial charge is 0.355 e. The molecule has 0 spiro atoms. The minimum Gasteiger partial charge on any atom is -0.355 e. The zero-order valence-electron chi connectivity index (χ0n) is 13.1. The number of hydrogen-bond donors (Lipinski definition) is 2. The van der Waals surface area contributed by atoms with Crippen LogP contribution < -0.4 is 10.6 Å². The van der Waals surface area contributed by atoms with Crippen molar-refractivity contribution >= 4 is 29.9 Å². The lowest BCUT2D eigenvalue weighted by Crippen LogP contribution is -2.45. The quantitative estimate of drug-likeness (QED) is 0.234. The van der Waals surface area contributed by atoms with Crippen molar-refractivity contribution in [1.82, 2.24) is 15.5 Å². The second-order valence-corrected chi connectivity index (χ2v) is 5.50. The molecule has 0 aromatic rings. The first-order chi connectivity index (χ1) is 8.40. The van der Waals surface area contributed by atoms with Crippen molar-refractivity contribution in [3.05, 3.63) is 12.7 Å². The van der Waals surface area contributed by atoms with Crippen LogP contribution in [0.1, 0.15) is 33.6 Å². The number of unbranched alkanes of at least 4 members (excludes halogenated alkanes) is 1. The number of rotatable bonds is 7. The Bertz CT molecular complexity index is 259. The van der Waals surface area contributed by atoms with Crippen LogP contribution in [0.15, 0.2) is 17.6 Å². The lowest BCUT2D eigenvalue weighted by Gasteiger charge is -2.24. The third-order valence-electron chi connectivity index (χ3n) is 2.54. The molecule has 4 nitrogen and oxygen atoms in total. The molecule has 0 saturated heterocycles. The van der Waals surface area contributed by atoms with E-state index < -0.39 is 0 Å². The molecule has 19 heavy (non-hydrogen) atoms. The number of guanidine groups is 1. The summed E-state index contributed by atoms with van der Waals surface area (Å²) in [4.78, 5) is 6.43. The average Bonchev–Trinajstić information content (AvgIpc) is 2.28. The Balaban J connectivity index is 0. The zero-order chi connectivity index (χ0) is 14.0. The summed E-state index contributed by atoms with van der Waals surface area (Å²) < 4.78 is 0. The third kappa shape index (κ3) is 12.5. The lowest BCUT2D eigenvalue weighted by atomic mass is 10.1. The molecule has 0 unspecified atom stereocenters. The first kappa shape index (κ1) is 21.0. The second kappa shape index (κ2) is 11.5. The Kier molecular flexibility index (Phi) is 12.7. The average molecular weight is 382 g/mol. The highest BCUT2D eigenvalue weighted by Crippen LogP contribution is 1.97. The molecule has 0 bridgehead atoms. The fraction of sp³-hybridized carbons (Fsp3) is 0.786. The summed E-state index contributed by atoms with van der Waals surface area (Å²) in [6.07, 6.45) is 4.12. The number of aliphatic imine (C=N–C) groups is 1. The van der Waals surface area contributed by atoms with E-state index in [2.05, 4.69) is 54.9 Å². The van der Waals surface area contributed by atoms with Crippen molar-refractivity contribution < 1.29 is 0 Å². The predicted octanol–water partition coefficient (Wildman–Crippen LogP) is 2.47. The highest BCUT2D eigenvalue weighted by molar-refractivity contribution is 14.0. The lowest BCUT2D eigenvalue weighted by molar-refractivity contribution is 0.422. The monoisotopic (exact) mass is 382 g/mol. The maximum Gasteiger partial charge on any atom is 0.193 e. The van der Waals surface area contributed by atoms with Crippen molar-refractivity contribution in [3.8, 4) is 0 Å². The van der Waals surface area contributed by atoms with Crippen LogP contribution in [0.2, 0.25) is 0 Å². The van der Waals surface area contributed by atoms with Crippen LogP contribution in [0.3, 0.4) is 0 Å². The summed E-state index contributed by atoms with van der Waals surface area (Å²) in [6.45, 7) is 13.1. The zero-order valence-corrected chi connectivity index (χ0v) is 15.5. The van der Waals surface area contributed by atoms with E-state index in [1.807, 2.05) is 13.1 Å². The van der Waals surface area contributed by atoms with Crippen LogP contribution in [0.25, 0.3) is 0 Å². The molecule has 0 aliphatic carbocycles. The number of nitrogens with zero attached hydrogens (tertiary/aromatic N) is 2. The molecule has 0 aliphatic rings. The van der Waals surface area contributed by atoms with Crippen LogP contribution in [0.5, 0.6) is 0 Å². The molecular formula is C14H31IN4. The third-order valence-corrected chi connectivity index (χ3v) is 2.54. The van der Waals surface area contributed by atoms with Crippen LogP contribution in [0.4, 0.5) is 0 Å². The topological polar surface area (TPSA) is 39.7 Å². The summed E-state index contributed by atoms with van der Waals surface area (Å²) in [5, 5.41) is 6.80. The Morgan fingerprint density at radius 2 is 1.95 bits per heavy atom. The van der Waals surface area contributed by atoms with Crippen LogP contribution in [-0.2, 0) is 0 Å². The van der Waals surface area contributed by atoms with Gasteiger partial charge in [0.15, 0.2) is 5.96 Å². The maximum atomic E-state index is 4.28. The van der Waals surface area contributed by atoms with Gasteiger partial charge in [0.2, 0.25) is 0 Å². The molecule has 0 fully saturated rings. The minimum atomic E-state index is 0. The highest BCUT2D eigenvalue weighted by atomic mass is 127. The van der Waals surface area contributed by atoms with E-state index in [0.717, 1.165) is 38.4 Å². The summed E-state index contributed by atoms with van der Waals surface area (Å²) in [6, 6.07) is 0. The van der Waals surface area contributed by atoms with E-state index in [1.54, 1.807) is 0 Å². The fourth-order valence-corrected chi connectivity index (χ4v) is 1.58. The number of halogens is 1. The number of hydrogen-bond acceptors (Lipinski definition) is 2. The van der Waals surface area contributed by atoms with Gasteiger partial charge in [0.05, 0.1) is 0 Å². The maximum absolute atomic E-state index is 4.28. The standard InChI is InChI=1S/C14H30N4.HI/c1-7-8-9-12-18(6)13(15-5)16-10-11-17-14(2,3)4;/h7,17H,1,8-12H2,2-6H3,(H,15,16);1H. The molecule has 0 amide bonds. The minimum absolute atomic E-state index is 0. The summed E-state index contributed by atoms with van der Waals surface area (Å²) in [5.74, 6) is 0.953. The number of nitrogens with one attached hydrogen (secondary N) is 2. The first-order valence-corrected chi connectivity index (χ1v) is 6.68. The van der Waals surface area contributed by atoms with Crippen molar-refractivity contribution in [2.75, 3.05) is 33.7 Å². The summed E-state index contributed by atoms with van der Waals surface area (Å²) in [7, 11) is 3.89. The van der Waals surface area contributed by atoms with E-state index in [-0.39, 0.29) is 29.5 Å². The molecule has 0 saturated carbocycles. The SMILES string of the molecule is C=CCCCN(C)C(=NC)NCCNC(C)(C)C.I. The van der Waals surface area contributed by atoms with Gasteiger partial charge in [0.1, 0.15) is 0 Å². The molecule has 0 atom stereocenters. The molecule has 0 radical (unpaired) electrons. The van der Waals surface area contributed by atoms with Gasteiger partial charge in [-0.05, 0) is 33.6 Å². The van der Waals surface area contributed by atoms with E-state index in [9.17, 15) is 0 Å². The van der Waals surface area contributed by atoms with Crippen LogP contribution >= 0.6 is 24.0 Å². The Morgan fingerprint density at radius 1 is 1.32 bits per heavy atom. The normalized spacial score (nSPS) is 11.7. The van der Waals surface area contributed by atoms with E-state index in [1.165, 1.54) is 0 Å². The molecular weight excluding hydrogens is 351 g/mol. The summed E-state index contributed by atoms with van der Waals surface area (Å²) in [5.41, 5.74) is 0.168. The Labute approximate surface area is 136 Å². The molecule has 5 heteroatoms. The van der Waals surface area contributed by atoms with Gasteiger partial charge in [-0.15, -0.1) is 30.6 Å². The fourth-order valence-electron chi connectivity index (χ4n) is 1.58. The molecule has 0 aromatic carbocycles. The van der Waals surface area contributed by atoms with E-state index >= 15 is 0 Å². The smallest absolute Gasteiger partial charge is 0.193 e.